The molecule has 0 aromatic heterocycles. The summed E-state index contributed by atoms with van der Waals surface area (Å²) in [7, 11) is 0. The maximum absolute atomic E-state index is 12.7. The van der Waals surface area contributed by atoms with Crippen molar-refractivity contribution in [3.63, 3.8) is 0 Å². The van der Waals surface area contributed by atoms with E-state index in [1.54, 1.807) is 0 Å². The number of hydrogen-bond acceptors (Lipinski definition) is 6. The second-order valence-electron chi connectivity index (χ2n) is 15.1. The molecule has 0 saturated carbocycles. The summed E-state index contributed by atoms with van der Waals surface area (Å²) in [4.78, 5) is 37.7. The Morgan fingerprint density at radius 2 is 0.684 bits per heavy atom. The van der Waals surface area contributed by atoms with Gasteiger partial charge in [-0.05, 0) is 38.5 Å². The first-order valence-electron chi connectivity index (χ1n) is 23.2. The van der Waals surface area contributed by atoms with Crippen molar-refractivity contribution in [3.8, 4) is 0 Å². The molecule has 324 valence electrons. The molecule has 1 unspecified atom stereocenters. The minimum atomic E-state index is -0.789. The zero-order valence-electron chi connectivity index (χ0n) is 36.8. The summed E-state index contributed by atoms with van der Waals surface area (Å²) in [5.74, 6) is -0.944. The fourth-order valence-electron chi connectivity index (χ4n) is 6.13. The van der Waals surface area contributed by atoms with Gasteiger partial charge in [-0.15, -0.1) is 0 Å². The lowest BCUT2D eigenvalue weighted by molar-refractivity contribution is -0.167. The lowest BCUT2D eigenvalue weighted by Crippen LogP contribution is -2.30. The van der Waals surface area contributed by atoms with Gasteiger partial charge in [0.1, 0.15) is 13.2 Å². The standard InChI is InChI=1S/C51H84O6/c1-4-7-10-13-16-19-22-23-24-25-26-27-28-29-30-33-35-38-41-44-50(53)56-47-48(57-51(54)45-42-39-36-32-21-18-15-12-9-6-3)46-55-49(52)43-40-37-34-31-20-17-14-11-8-5-2/h7,10,13,16,19,22-30,48H,4-6,8-9,11-12,14-15,17-18,20-21,31-47H2,1-3H3/b10-7-,16-13-,22-19-,24-23-,26-25+,28-27-,30-29-. The maximum atomic E-state index is 12.7. The number of unbranched alkanes of at least 4 members (excludes halogenated alkanes) is 21. The van der Waals surface area contributed by atoms with Crippen molar-refractivity contribution in [1.29, 1.82) is 0 Å². The summed E-state index contributed by atoms with van der Waals surface area (Å²) in [6.07, 6.45) is 57.0. The molecule has 0 saturated heterocycles. The van der Waals surface area contributed by atoms with Crippen molar-refractivity contribution in [2.45, 2.75) is 207 Å². The van der Waals surface area contributed by atoms with E-state index in [1.807, 2.05) is 72.9 Å². The molecule has 57 heavy (non-hydrogen) atoms. The zero-order chi connectivity index (χ0) is 41.5. The largest absolute Gasteiger partial charge is 0.462 e. The first-order valence-corrected chi connectivity index (χ1v) is 23.2. The Hall–Kier alpha value is -3.41. The third-order valence-electron chi connectivity index (χ3n) is 9.61. The van der Waals surface area contributed by atoms with Crippen LogP contribution in [-0.2, 0) is 28.6 Å². The topological polar surface area (TPSA) is 78.9 Å². The van der Waals surface area contributed by atoms with E-state index in [9.17, 15) is 14.4 Å². The number of esters is 3. The van der Waals surface area contributed by atoms with Gasteiger partial charge in [-0.2, -0.15) is 0 Å². The third-order valence-corrected chi connectivity index (χ3v) is 9.61. The predicted octanol–water partition coefficient (Wildman–Crippen LogP) is 14.9. The van der Waals surface area contributed by atoms with Crippen LogP contribution in [0.4, 0.5) is 0 Å². The molecule has 0 heterocycles. The van der Waals surface area contributed by atoms with Crippen LogP contribution in [0.3, 0.4) is 0 Å². The van der Waals surface area contributed by atoms with Gasteiger partial charge >= 0.3 is 17.9 Å². The van der Waals surface area contributed by atoms with Crippen LogP contribution in [0.2, 0.25) is 0 Å². The van der Waals surface area contributed by atoms with Crippen LogP contribution in [0.5, 0.6) is 0 Å². The molecule has 0 amide bonds. The van der Waals surface area contributed by atoms with Gasteiger partial charge in [0.15, 0.2) is 6.10 Å². The summed E-state index contributed by atoms with van der Waals surface area (Å²) >= 11 is 0. The molecule has 6 nitrogen and oxygen atoms in total. The summed E-state index contributed by atoms with van der Waals surface area (Å²) in [6, 6.07) is 0. The van der Waals surface area contributed by atoms with E-state index < -0.39 is 6.10 Å². The molecule has 0 radical (unpaired) electrons. The van der Waals surface area contributed by atoms with Crippen LogP contribution in [0.1, 0.15) is 201 Å². The molecular formula is C51H84O6. The van der Waals surface area contributed by atoms with E-state index in [2.05, 4.69) is 32.9 Å². The van der Waals surface area contributed by atoms with Gasteiger partial charge in [0.25, 0.3) is 0 Å². The molecule has 0 spiro atoms. The highest BCUT2D eigenvalue weighted by molar-refractivity contribution is 5.71. The van der Waals surface area contributed by atoms with Gasteiger partial charge in [0.05, 0.1) is 0 Å². The summed E-state index contributed by atoms with van der Waals surface area (Å²) in [5.41, 5.74) is 0. The average molecular weight is 793 g/mol. The second-order valence-corrected chi connectivity index (χ2v) is 15.1. The van der Waals surface area contributed by atoms with E-state index in [0.717, 1.165) is 70.6 Å². The Labute approximate surface area is 350 Å². The lowest BCUT2D eigenvalue weighted by atomic mass is 10.1. The van der Waals surface area contributed by atoms with Gasteiger partial charge < -0.3 is 14.2 Å². The molecule has 0 fully saturated rings. The van der Waals surface area contributed by atoms with Crippen molar-refractivity contribution in [3.05, 3.63) is 85.1 Å². The summed E-state index contributed by atoms with van der Waals surface area (Å²) in [6.45, 7) is 6.41. The molecule has 0 N–H and O–H groups in total. The normalized spacial score (nSPS) is 12.8. The minimum Gasteiger partial charge on any atom is -0.462 e. The Bertz CT molecular complexity index is 1140. The number of rotatable bonds is 40. The third kappa shape index (κ3) is 43.6. The Kier molecular flexibility index (Phi) is 42.6. The summed E-state index contributed by atoms with van der Waals surface area (Å²) in [5, 5.41) is 0. The Balaban J connectivity index is 4.45. The number of carbonyl (C=O) groups excluding carboxylic acids is 3. The average Bonchev–Trinajstić information content (AvgIpc) is 3.21. The Morgan fingerprint density at radius 3 is 1.07 bits per heavy atom. The van der Waals surface area contributed by atoms with E-state index in [0.29, 0.717) is 19.3 Å². The quantitative estimate of drug-likeness (QED) is 0.0266. The molecule has 0 aliphatic heterocycles. The lowest BCUT2D eigenvalue weighted by Gasteiger charge is -2.18. The molecule has 0 aromatic carbocycles. The maximum Gasteiger partial charge on any atom is 0.306 e. The molecule has 0 rings (SSSR count). The number of allylic oxidation sites excluding steroid dienone is 14. The van der Waals surface area contributed by atoms with Crippen LogP contribution in [0.15, 0.2) is 85.1 Å². The minimum absolute atomic E-state index is 0.0898. The van der Waals surface area contributed by atoms with Crippen LogP contribution in [-0.4, -0.2) is 37.2 Å². The molecular weight excluding hydrogens is 709 g/mol. The van der Waals surface area contributed by atoms with Crippen molar-refractivity contribution in [2.75, 3.05) is 13.2 Å². The first-order chi connectivity index (χ1) is 28.0. The van der Waals surface area contributed by atoms with Crippen LogP contribution in [0, 0.1) is 0 Å². The highest BCUT2D eigenvalue weighted by Crippen LogP contribution is 2.14. The zero-order valence-corrected chi connectivity index (χ0v) is 36.8. The Morgan fingerprint density at radius 1 is 0.368 bits per heavy atom. The van der Waals surface area contributed by atoms with Crippen molar-refractivity contribution in [1.82, 2.24) is 0 Å². The van der Waals surface area contributed by atoms with Crippen molar-refractivity contribution in [2.24, 2.45) is 0 Å². The molecule has 0 aliphatic rings. The van der Waals surface area contributed by atoms with Crippen molar-refractivity contribution >= 4 is 17.9 Å². The van der Waals surface area contributed by atoms with Crippen LogP contribution >= 0.6 is 0 Å². The van der Waals surface area contributed by atoms with Gasteiger partial charge in [0, 0.05) is 19.3 Å². The van der Waals surface area contributed by atoms with Crippen LogP contribution < -0.4 is 0 Å². The SMILES string of the molecule is CC\C=C/C=C\C=C/C=C\C=C\C=C/C=C\CCCCCC(=O)OCC(COC(=O)CCCCCCCCCCCC)OC(=O)CCCCCCCCCCCC. The highest BCUT2D eigenvalue weighted by Gasteiger charge is 2.19. The van der Waals surface area contributed by atoms with Gasteiger partial charge in [-0.1, -0.05) is 228 Å². The van der Waals surface area contributed by atoms with E-state index in [1.165, 1.54) is 89.9 Å². The molecule has 0 aromatic rings. The molecule has 1 atom stereocenters. The number of carbonyl (C=O) groups is 3. The fraction of sp³-hybridized carbons (Fsp3) is 0.667. The van der Waals surface area contributed by atoms with E-state index >= 15 is 0 Å². The van der Waals surface area contributed by atoms with Crippen molar-refractivity contribution < 1.29 is 28.6 Å². The van der Waals surface area contributed by atoms with E-state index in [4.69, 9.17) is 14.2 Å². The smallest absolute Gasteiger partial charge is 0.306 e. The molecule has 6 heteroatoms. The first kappa shape index (κ1) is 53.6. The van der Waals surface area contributed by atoms with Gasteiger partial charge in [-0.3, -0.25) is 14.4 Å². The highest BCUT2D eigenvalue weighted by atomic mass is 16.6. The number of hydrogen-bond donors (Lipinski definition) is 0. The fourth-order valence-corrected chi connectivity index (χ4v) is 6.13. The molecule has 0 bridgehead atoms. The monoisotopic (exact) mass is 793 g/mol. The second kappa shape index (κ2) is 45.3. The van der Waals surface area contributed by atoms with E-state index in [-0.39, 0.29) is 31.1 Å². The van der Waals surface area contributed by atoms with Crippen LogP contribution in [0.25, 0.3) is 0 Å². The molecule has 0 aliphatic carbocycles. The van der Waals surface area contributed by atoms with Gasteiger partial charge in [-0.25, -0.2) is 0 Å². The number of ether oxygens (including phenoxy) is 3. The summed E-state index contributed by atoms with van der Waals surface area (Å²) < 4.78 is 16.7. The van der Waals surface area contributed by atoms with Gasteiger partial charge in [0.2, 0.25) is 0 Å². The predicted molar refractivity (Wildman–Crippen MR) is 242 cm³/mol.